The van der Waals surface area contributed by atoms with Gasteiger partial charge in [-0.2, -0.15) is 0 Å². The van der Waals surface area contributed by atoms with Crippen LogP contribution in [0.4, 0.5) is 0 Å². The third-order valence-electron chi connectivity index (χ3n) is 5.76. The summed E-state index contributed by atoms with van der Waals surface area (Å²) in [7, 11) is 1.61. The Morgan fingerprint density at radius 3 is 2.26 bits per heavy atom. The standard InChI is InChI=1S/C21H23N3O3.C8H10/c1-27-18-9-10-19-16(11-18)12-20(24-19)21(26)22-13-17(23-14-25)8-7-15-5-3-2-4-6-15;1-2-8-6-4-3-5-7-8/h2-6,9-12,14,17,24H,7-8,13H2,1H3,(H,22,26)(H,23,25);3-7H,2H2,1H3/t17-;/m0./s1. The van der Waals surface area contributed by atoms with Crippen LogP contribution in [-0.2, 0) is 17.6 Å². The SMILES string of the molecule is CCc1ccccc1.COc1ccc2[nH]c(C(=O)NC[C@H](CCc3ccccc3)NC=O)cc2c1. The number of hydrogen-bond acceptors (Lipinski definition) is 3. The number of fused-ring (bicyclic) bond motifs is 1. The molecule has 0 saturated carbocycles. The molecule has 0 unspecified atom stereocenters. The topological polar surface area (TPSA) is 83.2 Å². The molecule has 35 heavy (non-hydrogen) atoms. The number of H-pyrrole nitrogens is 1. The first-order valence-corrected chi connectivity index (χ1v) is 11.9. The summed E-state index contributed by atoms with van der Waals surface area (Å²) in [6, 6.07) is 27.8. The summed E-state index contributed by atoms with van der Waals surface area (Å²) < 4.78 is 5.21. The Bertz CT molecular complexity index is 1190. The van der Waals surface area contributed by atoms with Crippen molar-refractivity contribution in [1.29, 1.82) is 0 Å². The highest BCUT2D eigenvalue weighted by atomic mass is 16.5. The molecule has 4 aromatic rings. The van der Waals surface area contributed by atoms with E-state index in [1.165, 1.54) is 11.1 Å². The molecule has 0 saturated heterocycles. The van der Waals surface area contributed by atoms with Crippen LogP contribution in [0.25, 0.3) is 10.9 Å². The van der Waals surface area contributed by atoms with Gasteiger partial charge in [0.15, 0.2) is 0 Å². The largest absolute Gasteiger partial charge is 0.497 e. The summed E-state index contributed by atoms with van der Waals surface area (Å²) in [5, 5.41) is 6.57. The zero-order valence-electron chi connectivity index (χ0n) is 20.3. The number of rotatable bonds is 10. The predicted molar refractivity (Wildman–Crippen MR) is 141 cm³/mol. The number of ether oxygens (including phenoxy) is 1. The van der Waals surface area contributed by atoms with Crippen molar-refractivity contribution in [3.63, 3.8) is 0 Å². The number of nitrogens with one attached hydrogen (secondary N) is 3. The number of carbonyl (C=O) groups is 2. The molecular formula is C29H33N3O3. The van der Waals surface area contributed by atoms with Crippen molar-refractivity contribution in [1.82, 2.24) is 15.6 Å². The van der Waals surface area contributed by atoms with Crippen LogP contribution in [0.1, 0.15) is 35.0 Å². The van der Waals surface area contributed by atoms with Crippen LogP contribution in [0.15, 0.2) is 84.9 Å². The summed E-state index contributed by atoms with van der Waals surface area (Å²) >= 11 is 0. The van der Waals surface area contributed by atoms with Gasteiger partial charge in [0.25, 0.3) is 5.91 Å². The normalized spacial score (nSPS) is 11.1. The predicted octanol–water partition coefficient (Wildman–Crippen LogP) is 4.90. The number of aryl methyl sites for hydroxylation is 2. The van der Waals surface area contributed by atoms with Gasteiger partial charge in [0.1, 0.15) is 11.4 Å². The monoisotopic (exact) mass is 471 g/mol. The number of hydrogen-bond donors (Lipinski definition) is 3. The Morgan fingerprint density at radius 1 is 0.971 bits per heavy atom. The van der Waals surface area contributed by atoms with Crippen LogP contribution in [0.2, 0.25) is 0 Å². The first-order chi connectivity index (χ1) is 17.1. The number of methoxy groups -OCH3 is 1. The zero-order chi connectivity index (χ0) is 24.9. The fourth-order valence-corrected chi connectivity index (χ4v) is 3.71. The molecule has 0 spiro atoms. The van der Waals surface area contributed by atoms with Crippen molar-refractivity contribution in [3.8, 4) is 5.75 Å². The summed E-state index contributed by atoms with van der Waals surface area (Å²) in [6.07, 6.45) is 3.39. The smallest absolute Gasteiger partial charge is 0.267 e. The summed E-state index contributed by atoms with van der Waals surface area (Å²) in [6.45, 7) is 2.53. The second-order valence-electron chi connectivity index (χ2n) is 8.19. The quantitative estimate of drug-likeness (QED) is 0.288. The fraction of sp³-hybridized carbons (Fsp3) is 0.241. The van der Waals surface area contributed by atoms with E-state index in [1.54, 1.807) is 13.2 Å². The molecule has 0 radical (unpaired) electrons. The minimum absolute atomic E-state index is 0.129. The lowest BCUT2D eigenvalue weighted by Gasteiger charge is -2.16. The van der Waals surface area contributed by atoms with Crippen molar-refractivity contribution in [3.05, 3.63) is 102 Å². The molecular weight excluding hydrogens is 438 g/mol. The third-order valence-corrected chi connectivity index (χ3v) is 5.76. The van der Waals surface area contributed by atoms with Gasteiger partial charge in [-0.15, -0.1) is 0 Å². The van der Waals surface area contributed by atoms with Gasteiger partial charge >= 0.3 is 0 Å². The molecule has 1 atom stereocenters. The Kier molecular flexibility index (Phi) is 9.93. The molecule has 0 aliphatic carbocycles. The highest BCUT2D eigenvalue weighted by Crippen LogP contribution is 2.21. The highest BCUT2D eigenvalue weighted by molar-refractivity contribution is 5.98. The minimum atomic E-state index is -0.206. The van der Waals surface area contributed by atoms with E-state index in [1.807, 2.05) is 42.5 Å². The fourth-order valence-electron chi connectivity index (χ4n) is 3.71. The van der Waals surface area contributed by atoms with Crippen LogP contribution >= 0.6 is 0 Å². The Balaban J connectivity index is 0.000000363. The van der Waals surface area contributed by atoms with Crippen LogP contribution < -0.4 is 15.4 Å². The van der Waals surface area contributed by atoms with E-state index >= 15 is 0 Å². The number of aromatic nitrogens is 1. The van der Waals surface area contributed by atoms with Crippen LogP contribution in [0.5, 0.6) is 5.75 Å². The lowest BCUT2D eigenvalue weighted by molar-refractivity contribution is -0.110. The van der Waals surface area contributed by atoms with E-state index in [4.69, 9.17) is 4.74 Å². The van der Waals surface area contributed by atoms with E-state index in [0.29, 0.717) is 18.6 Å². The van der Waals surface area contributed by atoms with Crippen molar-refractivity contribution in [2.24, 2.45) is 0 Å². The van der Waals surface area contributed by atoms with Gasteiger partial charge in [-0.1, -0.05) is 67.6 Å². The van der Waals surface area contributed by atoms with Crippen molar-refractivity contribution >= 4 is 23.2 Å². The van der Waals surface area contributed by atoms with Crippen molar-refractivity contribution in [2.45, 2.75) is 32.2 Å². The molecule has 0 aliphatic rings. The highest BCUT2D eigenvalue weighted by Gasteiger charge is 2.13. The van der Waals surface area contributed by atoms with E-state index in [9.17, 15) is 9.59 Å². The van der Waals surface area contributed by atoms with Crippen molar-refractivity contribution < 1.29 is 14.3 Å². The molecule has 3 aromatic carbocycles. The molecule has 4 rings (SSSR count). The van der Waals surface area contributed by atoms with E-state index in [2.05, 4.69) is 58.9 Å². The third kappa shape index (κ3) is 8.03. The van der Waals surface area contributed by atoms with Crippen LogP contribution in [0, 0.1) is 0 Å². The molecule has 6 heteroatoms. The average Bonchev–Trinajstić information content (AvgIpc) is 3.35. The maximum absolute atomic E-state index is 12.5. The van der Waals surface area contributed by atoms with Gasteiger partial charge in [0, 0.05) is 23.5 Å². The molecule has 1 aromatic heterocycles. The van der Waals surface area contributed by atoms with Crippen LogP contribution in [0.3, 0.4) is 0 Å². The molecule has 0 fully saturated rings. The van der Waals surface area contributed by atoms with Crippen molar-refractivity contribution in [2.75, 3.05) is 13.7 Å². The molecule has 0 bridgehead atoms. The van der Waals surface area contributed by atoms with E-state index in [-0.39, 0.29) is 11.9 Å². The van der Waals surface area contributed by atoms with Crippen LogP contribution in [-0.4, -0.2) is 37.0 Å². The second kappa shape index (κ2) is 13.6. The molecule has 0 aliphatic heterocycles. The number of benzene rings is 3. The summed E-state index contributed by atoms with van der Waals surface area (Å²) in [5.74, 6) is 0.534. The molecule has 182 valence electrons. The molecule has 2 amide bonds. The molecule has 6 nitrogen and oxygen atoms in total. The van der Waals surface area contributed by atoms with Gasteiger partial charge in [-0.25, -0.2) is 0 Å². The van der Waals surface area contributed by atoms with Gasteiger partial charge in [0.05, 0.1) is 7.11 Å². The van der Waals surface area contributed by atoms with Gasteiger partial charge in [-0.3, -0.25) is 9.59 Å². The maximum Gasteiger partial charge on any atom is 0.267 e. The van der Waals surface area contributed by atoms with E-state index < -0.39 is 0 Å². The first kappa shape index (κ1) is 25.6. The Hall–Kier alpha value is -4.06. The Labute approximate surface area is 206 Å². The number of aromatic amines is 1. The van der Waals surface area contributed by atoms with Gasteiger partial charge in [0.2, 0.25) is 6.41 Å². The zero-order valence-corrected chi connectivity index (χ0v) is 20.3. The summed E-state index contributed by atoms with van der Waals surface area (Å²) in [4.78, 5) is 26.4. The lowest BCUT2D eigenvalue weighted by atomic mass is 10.1. The Morgan fingerprint density at radius 2 is 1.66 bits per heavy atom. The second-order valence-corrected chi connectivity index (χ2v) is 8.19. The molecule has 1 heterocycles. The molecule has 3 N–H and O–H groups in total. The van der Waals surface area contributed by atoms with E-state index in [0.717, 1.165) is 35.9 Å². The minimum Gasteiger partial charge on any atom is -0.497 e. The van der Waals surface area contributed by atoms with Gasteiger partial charge < -0.3 is 20.4 Å². The average molecular weight is 472 g/mol. The summed E-state index contributed by atoms with van der Waals surface area (Å²) in [5.41, 5.74) is 3.96. The first-order valence-electron chi connectivity index (χ1n) is 11.9. The lowest BCUT2D eigenvalue weighted by Crippen LogP contribution is -2.40. The maximum atomic E-state index is 12.5. The number of amides is 2. The van der Waals surface area contributed by atoms with Gasteiger partial charge in [-0.05, 0) is 54.7 Å². The number of carbonyl (C=O) groups excluding carboxylic acids is 2.